The van der Waals surface area contributed by atoms with Gasteiger partial charge in [0.2, 0.25) is 0 Å². The molecule has 0 aliphatic carbocycles. The highest BCUT2D eigenvalue weighted by Gasteiger charge is 2.08. The van der Waals surface area contributed by atoms with Gasteiger partial charge in [-0.3, -0.25) is 0 Å². The Morgan fingerprint density at radius 1 is 0.950 bits per heavy atom. The maximum Gasteiger partial charge on any atom is 0.192 e. The van der Waals surface area contributed by atoms with Crippen molar-refractivity contribution in [3.63, 3.8) is 0 Å². The molecule has 0 saturated heterocycles. The highest BCUT2D eigenvalue weighted by Crippen LogP contribution is 2.16. The van der Waals surface area contributed by atoms with E-state index in [1.54, 1.807) is 0 Å². The average Bonchev–Trinajstić information content (AvgIpc) is 2.42. The van der Waals surface area contributed by atoms with Crippen LogP contribution in [0.5, 0.6) is 0 Å². The van der Waals surface area contributed by atoms with Crippen LogP contribution >= 0.6 is 0 Å². The van der Waals surface area contributed by atoms with Gasteiger partial charge in [-0.05, 0) is 38.7 Å². The largest absolute Gasteiger partial charge is 0.192 e. The van der Waals surface area contributed by atoms with Crippen LogP contribution in [0.3, 0.4) is 0 Å². The van der Waals surface area contributed by atoms with Crippen LogP contribution in [0.1, 0.15) is 48.4 Å². The molecule has 1 heteroatoms. The predicted molar refractivity (Wildman–Crippen MR) is 90.8 cm³/mol. The summed E-state index contributed by atoms with van der Waals surface area (Å²) in [5.41, 5.74) is 8.12. The van der Waals surface area contributed by atoms with Gasteiger partial charge < -0.3 is 0 Å². The molecule has 1 radical (unpaired) electrons. The summed E-state index contributed by atoms with van der Waals surface area (Å²) in [6, 6.07) is 13.5. The number of rotatable bonds is 4. The molecule has 0 saturated carbocycles. The Morgan fingerprint density at radius 3 is 2.00 bits per heavy atom. The molecule has 0 fully saturated rings. The standard InChI is InChI=1S/C19H24B/c1-6-14(3)17-7-9-18(10-8-17)20-19-15(4)11-13(2)12-16(19)5/h7-12,14H,6H2,1-5H3. The molecule has 0 amide bonds. The monoisotopic (exact) mass is 263 g/mol. The zero-order chi connectivity index (χ0) is 14.7. The Morgan fingerprint density at radius 2 is 1.50 bits per heavy atom. The normalized spacial score (nSPS) is 12.2. The highest BCUT2D eigenvalue weighted by molar-refractivity contribution is 6.68. The van der Waals surface area contributed by atoms with Crippen molar-refractivity contribution in [1.82, 2.24) is 0 Å². The van der Waals surface area contributed by atoms with Gasteiger partial charge >= 0.3 is 0 Å². The molecule has 0 bridgehead atoms. The Kier molecular flexibility index (Phi) is 4.70. The lowest BCUT2D eigenvalue weighted by Gasteiger charge is -2.12. The van der Waals surface area contributed by atoms with E-state index in [9.17, 15) is 0 Å². The number of hydrogen-bond acceptors (Lipinski definition) is 0. The van der Waals surface area contributed by atoms with Crippen LogP contribution < -0.4 is 10.9 Å². The van der Waals surface area contributed by atoms with Gasteiger partial charge in [0.05, 0.1) is 0 Å². The summed E-state index contributed by atoms with van der Waals surface area (Å²) in [6.45, 7) is 11.1. The molecule has 2 aromatic carbocycles. The first kappa shape index (κ1) is 14.9. The van der Waals surface area contributed by atoms with Crippen LogP contribution in [0.2, 0.25) is 0 Å². The molecule has 2 rings (SSSR count). The van der Waals surface area contributed by atoms with Crippen molar-refractivity contribution < 1.29 is 0 Å². The zero-order valence-corrected chi connectivity index (χ0v) is 13.3. The van der Waals surface area contributed by atoms with Gasteiger partial charge in [-0.1, -0.05) is 77.9 Å². The number of benzene rings is 2. The zero-order valence-electron chi connectivity index (χ0n) is 13.3. The van der Waals surface area contributed by atoms with Crippen molar-refractivity contribution >= 4 is 18.2 Å². The van der Waals surface area contributed by atoms with Crippen molar-refractivity contribution in [1.29, 1.82) is 0 Å². The van der Waals surface area contributed by atoms with Crippen molar-refractivity contribution in [3.8, 4) is 0 Å². The molecule has 0 N–H and O–H groups in total. The topological polar surface area (TPSA) is 0 Å². The smallest absolute Gasteiger partial charge is 0.0814 e. The minimum Gasteiger partial charge on any atom is -0.0814 e. The first-order valence-electron chi connectivity index (χ1n) is 7.53. The van der Waals surface area contributed by atoms with E-state index in [0.29, 0.717) is 5.92 Å². The van der Waals surface area contributed by atoms with Crippen molar-refractivity contribution in [2.45, 2.75) is 47.0 Å². The maximum atomic E-state index is 2.30. The molecule has 20 heavy (non-hydrogen) atoms. The van der Waals surface area contributed by atoms with Gasteiger partial charge in [0, 0.05) is 0 Å². The Balaban J connectivity index is 2.23. The second-order valence-electron chi connectivity index (χ2n) is 5.93. The van der Waals surface area contributed by atoms with Crippen molar-refractivity contribution in [3.05, 3.63) is 58.7 Å². The molecule has 1 unspecified atom stereocenters. The molecule has 0 aliphatic heterocycles. The lowest BCUT2D eigenvalue weighted by molar-refractivity contribution is 0.734. The molecule has 0 nitrogen and oxygen atoms in total. The molecule has 2 aromatic rings. The summed E-state index contributed by atoms with van der Waals surface area (Å²) in [6.07, 6.45) is 1.19. The van der Waals surface area contributed by atoms with E-state index in [0.717, 1.165) is 0 Å². The van der Waals surface area contributed by atoms with Gasteiger partial charge in [0.1, 0.15) is 0 Å². The minimum absolute atomic E-state index is 0.645. The Bertz CT molecular complexity index is 558. The molecule has 0 aliphatic rings. The third kappa shape index (κ3) is 3.33. The van der Waals surface area contributed by atoms with Crippen LogP contribution in [0.15, 0.2) is 36.4 Å². The van der Waals surface area contributed by atoms with Gasteiger partial charge in [-0.2, -0.15) is 0 Å². The molecule has 0 heterocycles. The van der Waals surface area contributed by atoms with E-state index >= 15 is 0 Å². The fourth-order valence-electron chi connectivity index (χ4n) is 2.74. The van der Waals surface area contributed by atoms with Crippen LogP contribution in [0.4, 0.5) is 0 Å². The van der Waals surface area contributed by atoms with Crippen molar-refractivity contribution in [2.24, 2.45) is 0 Å². The Hall–Kier alpha value is -1.50. The minimum atomic E-state index is 0.645. The Labute approximate surface area is 124 Å². The quantitative estimate of drug-likeness (QED) is 0.736. The molecular formula is C19H24B. The second-order valence-corrected chi connectivity index (χ2v) is 5.93. The fraction of sp³-hybridized carbons (Fsp3) is 0.368. The molecular weight excluding hydrogens is 239 g/mol. The summed E-state index contributed by atoms with van der Waals surface area (Å²) in [5.74, 6) is 0.645. The summed E-state index contributed by atoms with van der Waals surface area (Å²) < 4.78 is 0. The van der Waals surface area contributed by atoms with Gasteiger partial charge in [0.25, 0.3) is 0 Å². The van der Waals surface area contributed by atoms with Gasteiger partial charge in [0.15, 0.2) is 7.28 Å². The molecule has 0 aromatic heterocycles. The van der Waals surface area contributed by atoms with E-state index in [4.69, 9.17) is 0 Å². The first-order chi connectivity index (χ1) is 9.51. The summed E-state index contributed by atoms with van der Waals surface area (Å²) >= 11 is 0. The molecule has 103 valence electrons. The SMILES string of the molecule is CCC(C)c1ccc([B]c2c(C)cc(C)cc2C)cc1. The third-order valence-electron chi connectivity index (χ3n) is 4.17. The summed E-state index contributed by atoms with van der Waals surface area (Å²) in [4.78, 5) is 0. The van der Waals surface area contributed by atoms with Gasteiger partial charge in [-0.25, -0.2) is 0 Å². The number of aryl methyl sites for hydroxylation is 3. The van der Waals surface area contributed by atoms with E-state index < -0.39 is 0 Å². The van der Waals surface area contributed by atoms with Crippen LogP contribution in [0, 0.1) is 20.8 Å². The van der Waals surface area contributed by atoms with E-state index in [-0.39, 0.29) is 0 Å². The highest BCUT2D eigenvalue weighted by atomic mass is 14.1. The molecule has 0 spiro atoms. The maximum absolute atomic E-state index is 2.30. The van der Waals surface area contributed by atoms with Crippen molar-refractivity contribution in [2.75, 3.05) is 0 Å². The third-order valence-corrected chi connectivity index (χ3v) is 4.17. The average molecular weight is 263 g/mol. The number of hydrogen-bond donors (Lipinski definition) is 0. The van der Waals surface area contributed by atoms with Crippen LogP contribution in [-0.4, -0.2) is 7.28 Å². The second kappa shape index (κ2) is 6.30. The summed E-state index contributed by atoms with van der Waals surface area (Å²) in [7, 11) is 2.30. The molecule has 1 atom stereocenters. The fourth-order valence-corrected chi connectivity index (χ4v) is 2.74. The van der Waals surface area contributed by atoms with Crippen LogP contribution in [0.25, 0.3) is 0 Å². The van der Waals surface area contributed by atoms with E-state index in [2.05, 4.69) is 78.3 Å². The lowest BCUT2D eigenvalue weighted by Crippen LogP contribution is -2.31. The van der Waals surface area contributed by atoms with Crippen LogP contribution in [-0.2, 0) is 0 Å². The van der Waals surface area contributed by atoms with E-state index in [1.165, 1.54) is 39.6 Å². The van der Waals surface area contributed by atoms with Gasteiger partial charge in [-0.15, -0.1) is 0 Å². The van der Waals surface area contributed by atoms with E-state index in [1.807, 2.05) is 0 Å². The predicted octanol–water partition coefficient (Wildman–Crippen LogP) is 3.78. The lowest BCUT2D eigenvalue weighted by atomic mass is 9.60. The summed E-state index contributed by atoms with van der Waals surface area (Å²) in [5, 5.41) is 0. The first-order valence-corrected chi connectivity index (χ1v) is 7.53.